The van der Waals surface area contributed by atoms with Gasteiger partial charge in [0.15, 0.2) is 6.23 Å². The largest absolute Gasteiger partial charge is 0.369 e. The predicted molar refractivity (Wildman–Crippen MR) is 79.4 cm³/mol. The van der Waals surface area contributed by atoms with Crippen molar-refractivity contribution in [3.8, 4) is 0 Å². The first-order valence-electron chi connectivity index (χ1n) is 6.46. The number of fused-ring (bicyclic) bond motifs is 1. The third kappa shape index (κ3) is 1.75. The highest BCUT2D eigenvalue weighted by molar-refractivity contribution is 6.11. The van der Waals surface area contributed by atoms with E-state index in [0.29, 0.717) is 16.8 Å². The van der Waals surface area contributed by atoms with Crippen molar-refractivity contribution in [1.82, 2.24) is 0 Å². The number of benzene rings is 2. The van der Waals surface area contributed by atoms with E-state index in [4.69, 9.17) is 0 Å². The molecule has 0 fully saturated rings. The van der Waals surface area contributed by atoms with Crippen molar-refractivity contribution in [3.05, 3.63) is 71.8 Å². The Labute approximate surface area is 117 Å². The zero-order valence-electron chi connectivity index (χ0n) is 11.2. The van der Waals surface area contributed by atoms with E-state index in [0.717, 1.165) is 11.1 Å². The van der Waals surface area contributed by atoms with Gasteiger partial charge in [0, 0.05) is 16.7 Å². The number of para-hydroxylation sites is 1. The van der Waals surface area contributed by atoms with Crippen molar-refractivity contribution in [2.24, 2.45) is 0 Å². The highest BCUT2D eigenvalue weighted by atomic mass is 16.3. The summed E-state index contributed by atoms with van der Waals surface area (Å²) in [6.07, 6.45) is -0.945. The molecule has 3 rings (SSSR count). The van der Waals surface area contributed by atoms with Gasteiger partial charge in [0.2, 0.25) is 0 Å². The number of nitrogens with zero attached hydrogens (tertiary/aromatic N) is 1. The van der Waals surface area contributed by atoms with Crippen LogP contribution in [0, 0.1) is 0 Å². The molecule has 3 heteroatoms. The van der Waals surface area contributed by atoms with Crippen molar-refractivity contribution >= 4 is 17.2 Å². The van der Waals surface area contributed by atoms with Crippen molar-refractivity contribution in [2.75, 3.05) is 4.90 Å². The van der Waals surface area contributed by atoms with Crippen molar-refractivity contribution < 1.29 is 9.90 Å². The van der Waals surface area contributed by atoms with E-state index in [2.05, 4.69) is 6.58 Å². The SMILES string of the molecule is C=C(C)c1ccccc1N1C(=O)c2ccccc2C1O. The molecule has 0 bridgehead atoms. The molecule has 1 aliphatic rings. The van der Waals surface area contributed by atoms with Gasteiger partial charge in [-0.15, -0.1) is 0 Å². The molecular weight excluding hydrogens is 250 g/mol. The van der Waals surface area contributed by atoms with Gasteiger partial charge in [0.25, 0.3) is 5.91 Å². The maximum atomic E-state index is 12.5. The van der Waals surface area contributed by atoms with E-state index >= 15 is 0 Å². The Balaban J connectivity index is 2.14. The molecule has 0 aliphatic carbocycles. The Morgan fingerprint density at radius 2 is 1.80 bits per heavy atom. The Morgan fingerprint density at radius 1 is 1.15 bits per heavy atom. The molecule has 1 aliphatic heterocycles. The number of aliphatic hydroxyl groups is 1. The minimum atomic E-state index is -0.945. The van der Waals surface area contributed by atoms with Crippen LogP contribution in [0.3, 0.4) is 0 Å². The number of carbonyl (C=O) groups is 1. The zero-order chi connectivity index (χ0) is 14.3. The number of hydrogen-bond donors (Lipinski definition) is 1. The second-order valence-corrected chi connectivity index (χ2v) is 4.93. The summed E-state index contributed by atoms with van der Waals surface area (Å²) in [4.78, 5) is 13.9. The van der Waals surface area contributed by atoms with Gasteiger partial charge in [-0.2, -0.15) is 0 Å². The standard InChI is InChI=1S/C17H15NO2/c1-11(2)12-7-5-6-10-15(12)18-16(19)13-8-3-4-9-14(13)17(18)20/h3-10,16,19H,1H2,2H3. The lowest BCUT2D eigenvalue weighted by molar-refractivity contribution is 0.0935. The van der Waals surface area contributed by atoms with Gasteiger partial charge in [0.05, 0.1) is 5.69 Å². The smallest absolute Gasteiger partial charge is 0.261 e. The van der Waals surface area contributed by atoms with Crippen LogP contribution in [0.5, 0.6) is 0 Å². The summed E-state index contributed by atoms with van der Waals surface area (Å²) in [7, 11) is 0. The molecule has 0 saturated carbocycles. The fourth-order valence-corrected chi connectivity index (χ4v) is 2.58. The normalized spacial score (nSPS) is 17.2. The van der Waals surface area contributed by atoms with Gasteiger partial charge < -0.3 is 5.11 Å². The van der Waals surface area contributed by atoms with Gasteiger partial charge in [0.1, 0.15) is 0 Å². The highest BCUT2D eigenvalue weighted by Gasteiger charge is 2.37. The summed E-state index contributed by atoms with van der Waals surface area (Å²) in [6, 6.07) is 14.6. The second-order valence-electron chi connectivity index (χ2n) is 4.93. The third-order valence-electron chi connectivity index (χ3n) is 3.56. The number of amides is 1. The summed E-state index contributed by atoms with van der Waals surface area (Å²) in [5.41, 5.74) is 3.61. The first-order valence-corrected chi connectivity index (χ1v) is 6.46. The molecule has 2 aromatic carbocycles. The minimum Gasteiger partial charge on any atom is -0.369 e. The summed E-state index contributed by atoms with van der Waals surface area (Å²) < 4.78 is 0. The monoisotopic (exact) mass is 265 g/mol. The van der Waals surface area contributed by atoms with Gasteiger partial charge in [-0.25, -0.2) is 0 Å². The molecule has 2 aromatic rings. The molecular formula is C17H15NO2. The molecule has 3 nitrogen and oxygen atoms in total. The fraction of sp³-hybridized carbons (Fsp3) is 0.118. The second kappa shape index (κ2) is 4.62. The first-order chi connectivity index (χ1) is 9.61. The average molecular weight is 265 g/mol. The number of rotatable bonds is 2. The van der Waals surface area contributed by atoms with Crippen LogP contribution in [0.4, 0.5) is 5.69 Å². The average Bonchev–Trinajstić information content (AvgIpc) is 2.71. The Morgan fingerprint density at radius 3 is 2.50 bits per heavy atom. The van der Waals surface area contributed by atoms with Crippen LogP contribution in [0.2, 0.25) is 0 Å². The molecule has 1 unspecified atom stereocenters. The molecule has 1 heterocycles. The Kier molecular flexibility index (Phi) is 2.92. The number of allylic oxidation sites excluding steroid dienone is 1. The Bertz CT molecular complexity index is 706. The van der Waals surface area contributed by atoms with E-state index in [9.17, 15) is 9.90 Å². The molecule has 0 spiro atoms. The number of anilines is 1. The van der Waals surface area contributed by atoms with Crippen LogP contribution in [-0.4, -0.2) is 11.0 Å². The minimum absolute atomic E-state index is 0.179. The van der Waals surface area contributed by atoms with E-state index in [-0.39, 0.29) is 5.91 Å². The lowest BCUT2D eigenvalue weighted by Gasteiger charge is -2.23. The van der Waals surface area contributed by atoms with Crippen molar-refractivity contribution in [3.63, 3.8) is 0 Å². The van der Waals surface area contributed by atoms with Crippen LogP contribution < -0.4 is 4.90 Å². The first kappa shape index (κ1) is 12.6. The quantitative estimate of drug-likeness (QED) is 0.904. The lowest BCUT2D eigenvalue weighted by atomic mass is 10.1. The lowest BCUT2D eigenvalue weighted by Crippen LogP contribution is -2.28. The topological polar surface area (TPSA) is 40.5 Å². The summed E-state index contributed by atoms with van der Waals surface area (Å²) in [5, 5.41) is 10.4. The fourth-order valence-electron chi connectivity index (χ4n) is 2.58. The maximum absolute atomic E-state index is 12.5. The molecule has 1 N–H and O–H groups in total. The summed E-state index contributed by atoms with van der Waals surface area (Å²) >= 11 is 0. The van der Waals surface area contributed by atoms with Gasteiger partial charge in [-0.3, -0.25) is 9.69 Å². The van der Waals surface area contributed by atoms with Crippen LogP contribution in [0.15, 0.2) is 55.1 Å². The highest BCUT2D eigenvalue weighted by Crippen LogP contribution is 2.38. The number of hydrogen-bond acceptors (Lipinski definition) is 2. The molecule has 20 heavy (non-hydrogen) atoms. The van der Waals surface area contributed by atoms with E-state index in [1.54, 1.807) is 18.2 Å². The molecule has 0 aromatic heterocycles. The van der Waals surface area contributed by atoms with Gasteiger partial charge >= 0.3 is 0 Å². The molecule has 0 saturated heterocycles. The molecule has 1 atom stereocenters. The maximum Gasteiger partial charge on any atom is 0.261 e. The number of aliphatic hydroxyl groups excluding tert-OH is 1. The summed E-state index contributed by atoms with van der Waals surface area (Å²) in [5.74, 6) is -0.179. The van der Waals surface area contributed by atoms with E-state index in [1.165, 1.54) is 4.90 Å². The molecule has 0 radical (unpaired) electrons. The van der Waals surface area contributed by atoms with Gasteiger partial charge in [-0.1, -0.05) is 43.0 Å². The van der Waals surface area contributed by atoms with E-state index < -0.39 is 6.23 Å². The van der Waals surface area contributed by atoms with Crippen LogP contribution in [-0.2, 0) is 0 Å². The zero-order valence-corrected chi connectivity index (χ0v) is 11.2. The molecule has 1 amide bonds. The van der Waals surface area contributed by atoms with Gasteiger partial charge in [-0.05, 0) is 24.6 Å². The van der Waals surface area contributed by atoms with E-state index in [1.807, 2.05) is 37.3 Å². The summed E-state index contributed by atoms with van der Waals surface area (Å²) in [6.45, 7) is 5.82. The van der Waals surface area contributed by atoms with Crippen LogP contribution >= 0.6 is 0 Å². The van der Waals surface area contributed by atoms with Crippen molar-refractivity contribution in [1.29, 1.82) is 0 Å². The third-order valence-corrected chi connectivity index (χ3v) is 3.56. The van der Waals surface area contributed by atoms with Crippen LogP contribution in [0.25, 0.3) is 5.57 Å². The van der Waals surface area contributed by atoms with Crippen LogP contribution in [0.1, 0.15) is 34.6 Å². The van der Waals surface area contributed by atoms with Crippen molar-refractivity contribution in [2.45, 2.75) is 13.2 Å². The molecule has 100 valence electrons. The number of carbonyl (C=O) groups excluding carboxylic acids is 1. The predicted octanol–water partition coefficient (Wildman–Crippen LogP) is 3.37. The Hall–Kier alpha value is -2.39.